The second-order valence-electron chi connectivity index (χ2n) is 4.06. The molecule has 0 amide bonds. The van der Waals surface area contributed by atoms with E-state index in [4.69, 9.17) is 5.26 Å². The Balaban J connectivity index is 2.39. The number of benzene rings is 2. The van der Waals surface area contributed by atoms with E-state index in [2.05, 4.69) is 4.72 Å². The third-order valence-electron chi connectivity index (χ3n) is 2.66. The van der Waals surface area contributed by atoms with Gasteiger partial charge >= 0.3 is 0 Å². The normalized spacial score (nSPS) is 10.7. The number of nitrogens with one attached hydrogen (secondary N) is 1. The molecule has 2 aromatic carbocycles. The third-order valence-corrected chi connectivity index (χ3v) is 4.05. The lowest BCUT2D eigenvalue weighted by Crippen LogP contribution is -2.13. The summed E-state index contributed by atoms with van der Waals surface area (Å²) in [4.78, 5) is 0.191. The van der Waals surface area contributed by atoms with E-state index in [1.807, 2.05) is 6.07 Å². The summed E-state index contributed by atoms with van der Waals surface area (Å²) in [6, 6.07) is 15.0. The summed E-state index contributed by atoms with van der Waals surface area (Å²) in [5.74, 6) is 0. The van der Waals surface area contributed by atoms with E-state index in [1.54, 1.807) is 37.3 Å². The summed E-state index contributed by atoms with van der Waals surface area (Å²) in [5.41, 5.74) is 1.60. The Kier molecular flexibility index (Phi) is 3.54. The van der Waals surface area contributed by atoms with E-state index in [-0.39, 0.29) is 4.90 Å². The molecule has 4 nitrogen and oxygen atoms in total. The Bertz CT molecular complexity index is 732. The summed E-state index contributed by atoms with van der Waals surface area (Å²) in [7, 11) is -3.62. The summed E-state index contributed by atoms with van der Waals surface area (Å²) >= 11 is 0. The zero-order chi connectivity index (χ0) is 13.9. The fraction of sp³-hybridized carbons (Fsp3) is 0.0714. The van der Waals surface area contributed by atoms with E-state index < -0.39 is 10.0 Å². The van der Waals surface area contributed by atoms with E-state index in [1.165, 1.54) is 18.2 Å². The van der Waals surface area contributed by atoms with Gasteiger partial charge in [0.05, 0.1) is 22.2 Å². The number of sulfonamides is 1. The van der Waals surface area contributed by atoms with Gasteiger partial charge in [-0.2, -0.15) is 5.26 Å². The van der Waals surface area contributed by atoms with Crippen molar-refractivity contribution in [1.29, 1.82) is 5.26 Å². The van der Waals surface area contributed by atoms with Gasteiger partial charge in [-0.25, -0.2) is 8.42 Å². The number of anilines is 1. The summed E-state index contributed by atoms with van der Waals surface area (Å²) in [6.07, 6.45) is 0. The van der Waals surface area contributed by atoms with Crippen LogP contribution in [-0.4, -0.2) is 8.42 Å². The van der Waals surface area contributed by atoms with Crippen LogP contribution in [0.1, 0.15) is 11.1 Å². The van der Waals surface area contributed by atoms with Crippen molar-refractivity contribution in [2.75, 3.05) is 4.72 Å². The van der Waals surface area contributed by atoms with Crippen molar-refractivity contribution in [3.63, 3.8) is 0 Å². The molecule has 2 rings (SSSR count). The first-order valence-electron chi connectivity index (χ1n) is 5.61. The predicted molar refractivity (Wildman–Crippen MR) is 73.1 cm³/mol. The maximum Gasteiger partial charge on any atom is 0.261 e. The molecule has 5 heteroatoms. The van der Waals surface area contributed by atoms with Crippen LogP contribution >= 0.6 is 0 Å². The molecule has 0 aromatic heterocycles. The Morgan fingerprint density at radius 1 is 1.11 bits per heavy atom. The minimum atomic E-state index is -3.62. The standard InChI is InChI=1S/C14H12N2O2S/c1-11-7-8-12(10-15)9-14(11)16-19(17,18)13-5-3-2-4-6-13/h2-9,16H,1H3. The van der Waals surface area contributed by atoms with Crippen molar-refractivity contribution in [2.45, 2.75) is 11.8 Å². The van der Waals surface area contributed by atoms with Crippen LogP contribution in [-0.2, 0) is 10.0 Å². The Hall–Kier alpha value is -2.32. The summed E-state index contributed by atoms with van der Waals surface area (Å²) in [6.45, 7) is 1.78. The van der Waals surface area contributed by atoms with E-state index >= 15 is 0 Å². The topological polar surface area (TPSA) is 70.0 Å². The van der Waals surface area contributed by atoms with Gasteiger partial charge in [-0.1, -0.05) is 24.3 Å². The Morgan fingerprint density at radius 2 is 1.79 bits per heavy atom. The molecule has 0 saturated heterocycles. The molecule has 0 aliphatic rings. The van der Waals surface area contributed by atoms with Crippen molar-refractivity contribution in [2.24, 2.45) is 0 Å². The van der Waals surface area contributed by atoms with Gasteiger partial charge in [-0.3, -0.25) is 4.72 Å². The number of aryl methyl sites for hydroxylation is 1. The molecule has 19 heavy (non-hydrogen) atoms. The quantitative estimate of drug-likeness (QED) is 0.933. The maximum atomic E-state index is 12.2. The van der Waals surface area contributed by atoms with E-state index in [9.17, 15) is 8.42 Å². The molecule has 1 N–H and O–H groups in total. The zero-order valence-electron chi connectivity index (χ0n) is 10.3. The second-order valence-corrected chi connectivity index (χ2v) is 5.74. The molecule has 0 aliphatic carbocycles. The van der Waals surface area contributed by atoms with Crippen LogP contribution in [0.2, 0.25) is 0 Å². The summed E-state index contributed by atoms with van der Waals surface area (Å²) in [5, 5.41) is 8.84. The number of nitriles is 1. The highest BCUT2D eigenvalue weighted by Gasteiger charge is 2.14. The number of nitrogens with zero attached hydrogens (tertiary/aromatic N) is 1. The largest absolute Gasteiger partial charge is 0.279 e. The van der Waals surface area contributed by atoms with Crippen molar-refractivity contribution in [3.05, 3.63) is 59.7 Å². The lowest BCUT2D eigenvalue weighted by atomic mass is 10.1. The average molecular weight is 272 g/mol. The molecule has 0 bridgehead atoms. The van der Waals surface area contributed by atoms with Crippen LogP contribution in [0.4, 0.5) is 5.69 Å². The van der Waals surface area contributed by atoms with Crippen molar-refractivity contribution >= 4 is 15.7 Å². The molecule has 0 spiro atoms. The smallest absolute Gasteiger partial charge is 0.261 e. The van der Waals surface area contributed by atoms with Crippen LogP contribution in [0.3, 0.4) is 0 Å². The van der Waals surface area contributed by atoms with Crippen LogP contribution in [0.5, 0.6) is 0 Å². The highest BCUT2D eigenvalue weighted by Crippen LogP contribution is 2.20. The lowest BCUT2D eigenvalue weighted by molar-refractivity contribution is 0.601. The average Bonchev–Trinajstić information content (AvgIpc) is 2.42. The zero-order valence-corrected chi connectivity index (χ0v) is 11.1. The number of hydrogen-bond acceptors (Lipinski definition) is 3. The molecule has 0 fully saturated rings. The van der Waals surface area contributed by atoms with Crippen molar-refractivity contribution in [3.8, 4) is 6.07 Å². The summed E-state index contributed by atoms with van der Waals surface area (Å²) < 4.78 is 26.8. The van der Waals surface area contributed by atoms with Crippen LogP contribution < -0.4 is 4.72 Å². The van der Waals surface area contributed by atoms with E-state index in [0.717, 1.165) is 5.56 Å². The maximum absolute atomic E-state index is 12.2. The van der Waals surface area contributed by atoms with Gasteiger partial charge in [0.15, 0.2) is 0 Å². The van der Waals surface area contributed by atoms with Gasteiger partial charge in [-0.05, 0) is 36.8 Å². The highest BCUT2D eigenvalue weighted by molar-refractivity contribution is 7.92. The van der Waals surface area contributed by atoms with Crippen LogP contribution in [0.25, 0.3) is 0 Å². The third kappa shape index (κ3) is 2.92. The molecule has 0 radical (unpaired) electrons. The Labute approximate surface area is 112 Å². The number of hydrogen-bond donors (Lipinski definition) is 1. The number of rotatable bonds is 3. The van der Waals surface area contributed by atoms with Gasteiger partial charge in [0.1, 0.15) is 0 Å². The molecule has 0 unspecified atom stereocenters. The second kappa shape index (κ2) is 5.12. The van der Waals surface area contributed by atoms with Crippen molar-refractivity contribution < 1.29 is 8.42 Å². The fourth-order valence-corrected chi connectivity index (χ4v) is 2.75. The SMILES string of the molecule is Cc1ccc(C#N)cc1NS(=O)(=O)c1ccccc1. The van der Waals surface area contributed by atoms with Crippen LogP contribution in [0.15, 0.2) is 53.4 Å². The molecule has 2 aromatic rings. The predicted octanol–water partition coefficient (Wildman–Crippen LogP) is 2.67. The Morgan fingerprint density at radius 3 is 2.42 bits per heavy atom. The van der Waals surface area contributed by atoms with Crippen molar-refractivity contribution in [1.82, 2.24) is 0 Å². The molecular formula is C14H12N2O2S. The fourth-order valence-electron chi connectivity index (χ4n) is 1.60. The molecular weight excluding hydrogens is 260 g/mol. The molecule has 0 aliphatic heterocycles. The molecule has 0 atom stereocenters. The monoisotopic (exact) mass is 272 g/mol. The first kappa shape index (κ1) is 13.1. The molecule has 96 valence electrons. The lowest BCUT2D eigenvalue weighted by Gasteiger charge is -2.10. The highest BCUT2D eigenvalue weighted by atomic mass is 32.2. The van der Waals surface area contributed by atoms with Gasteiger partial charge < -0.3 is 0 Å². The van der Waals surface area contributed by atoms with Gasteiger partial charge in [-0.15, -0.1) is 0 Å². The minimum absolute atomic E-state index is 0.191. The van der Waals surface area contributed by atoms with Crippen LogP contribution in [0, 0.1) is 18.3 Å². The first-order valence-corrected chi connectivity index (χ1v) is 7.10. The van der Waals surface area contributed by atoms with Gasteiger partial charge in [0, 0.05) is 0 Å². The van der Waals surface area contributed by atoms with Gasteiger partial charge in [0.25, 0.3) is 10.0 Å². The van der Waals surface area contributed by atoms with E-state index in [0.29, 0.717) is 11.3 Å². The molecule has 0 saturated carbocycles. The minimum Gasteiger partial charge on any atom is -0.279 e. The van der Waals surface area contributed by atoms with Gasteiger partial charge in [0.2, 0.25) is 0 Å². The first-order chi connectivity index (χ1) is 9.03. The molecule has 0 heterocycles.